The summed E-state index contributed by atoms with van der Waals surface area (Å²) in [5.41, 5.74) is 6.48. The van der Waals surface area contributed by atoms with Crippen LogP contribution >= 0.6 is 12.4 Å². The Kier molecular flexibility index (Phi) is 9.03. The van der Waals surface area contributed by atoms with Crippen LogP contribution in [0, 0.1) is 5.92 Å². The molecule has 0 saturated carbocycles. The van der Waals surface area contributed by atoms with Gasteiger partial charge in [-0.05, 0) is 36.8 Å². The zero-order chi connectivity index (χ0) is 18.4. The van der Waals surface area contributed by atoms with Crippen molar-refractivity contribution < 1.29 is 13.2 Å². The maximum atomic E-state index is 12.9. The quantitative estimate of drug-likeness (QED) is 0.730. The van der Waals surface area contributed by atoms with E-state index in [0.29, 0.717) is 31.0 Å². The van der Waals surface area contributed by atoms with Gasteiger partial charge >= 0.3 is 0 Å². The normalized spacial score (nSPS) is 16.8. The van der Waals surface area contributed by atoms with Crippen molar-refractivity contribution in [1.29, 1.82) is 0 Å². The molecule has 0 unspecified atom stereocenters. The first-order chi connectivity index (χ1) is 11.8. The molecule has 1 aliphatic rings. The second kappa shape index (κ2) is 10.3. The number of sulfonamides is 1. The number of hydrogen-bond donors (Lipinski definition) is 2. The van der Waals surface area contributed by atoms with Gasteiger partial charge in [0.2, 0.25) is 15.9 Å². The maximum Gasteiger partial charge on any atom is 0.243 e. The van der Waals surface area contributed by atoms with Gasteiger partial charge in [-0.25, -0.2) is 8.42 Å². The molecular weight excluding hydrogens is 374 g/mol. The Hall–Kier alpha value is -1.15. The maximum absolute atomic E-state index is 12.9. The van der Waals surface area contributed by atoms with E-state index in [4.69, 9.17) is 5.73 Å². The number of rotatable bonds is 7. The summed E-state index contributed by atoms with van der Waals surface area (Å²) in [6.45, 7) is 5.29. The van der Waals surface area contributed by atoms with Gasteiger partial charge in [-0.1, -0.05) is 38.5 Å². The highest BCUT2D eigenvalue weighted by atomic mass is 35.5. The lowest BCUT2D eigenvalue weighted by Crippen LogP contribution is -2.41. The van der Waals surface area contributed by atoms with E-state index in [0.717, 1.165) is 19.3 Å². The monoisotopic (exact) mass is 403 g/mol. The van der Waals surface area contributed by atoms with E-state index >= 15 is 0 Å². The summed E-state index contributed by atoms with van der Waals surface area (Å²) < 4.78 is 27.4. The van der Waals surface area contributed by atoms with E-state index in [1.54, 1.807) is 28.6 Å². The molecule has 3 N–H and O–H groups in total. The Morgan fingerprint density at radius 2 is 1.81 bits per heavy atom. The van der Waals surface area contributed by atoms with Gasteiger partial charge in [0, 0.05) is 19.6 Å². The summed E-state index contributed by atoms with van der Waals surface area (Å²) in [7, 11) is -3.53. The highest BCUT2D eigenvalue weighted by Gasteiger charge is 2.28. The average Bonchev–Trinajstić information content (AvgIpc) is 2.60. The summed E-state index contributed by atoms with van der Waals surface area (Å²) >= 11 is 0. The third-order valence-electron chi connectivity index (χ3n) is 4.42. The highest BCUT2D eigenvalue weighted by molar-refractivity contribution is 7.89. The zero-order valence-electron chi connectivity index (χ0n) is 15.5. The van der Waals surface area contributed by atoms with Gasteiger partial charge in [0.15, 0.2) is 0 Å². The Morgan fingerprint density at radius 1 is 1.19 bits per heavy atom. The smallest absolute Gasteiger partial charge is 0.243 e. The first kappa shape index (κ1) is 22.9. The standard InChI is InChI=1S/C18H29N3O3S.ClH/c1-14(2)12-16(19)18(22)20-13-15-8-4-5-9-17(15)25(23,24)21-10-6-3-7-11-21;/h4-5,8-9,14,16H,3,6-7,10-13,19H2,1-2H3,(H,20,22);1H/t16-;/m0./s1. The fourth-order valence-electron chi connectivity index (χ4n) is 3.07. The van der Waals surface area contributed by atoms with Gasteiger partial charge in [-0.15, -0.1) is 12.4 Å². The molecule has 0 spiro atoms. The number of amides is 1. The van der Waals surface area contributed by atoms with Gasteiger partial charge in [0.1, 0.15) is 0 Å². The van der Waals surface area contributed by atoms with Gasteiger partial charge in [0.05, 0.1) is 10.9 Å². The van der Waals surface area contributed by atoms with E-state index in [2.05, 4.69) is 5.32 Å². The number of halogens is 1. The molecule has 0 aromatic heterocycles. The molecule has 1 aromatic carbocycles. The van der Waals surface area contributed by atoms with Crippen molar-refractivity contribution in [3.8, 4) is 0 Å². The Bertz CT molecular complexity index is 689. The Labute approximate surface area is 163 Å². The molecule has 0 aliphatic carbocycles. The van der Waals surface area contributed by atoms with Crippen LogP contribution in [-0.2, 0) is 21.4 Å². The second-order valence-electron chi connectivity index (χ2n) is 7.03. The van der Waals surface area contributed by atoms with E-state index in [-0.39, 0.29) is 29.8 Å². The number of nitrogens with one attached hydrogen (secondary N) is 1. The van der Waals surface area contributed by atoms with Gasteiger partial charge in [0.25, 0.3) is 0 Å². The van der Waals surface area contributed by atoms with Crippen molar-refractivity contribution in [2.45, 2.75) is 57.0 Å². The lowest BCUT2D eigenvalue weighted by molar-refractivity contribution is -0.122. The van der Waals surface area contributed by atoms with E-state index < -0.39 is 16.1 Å². The fraction of sp³-hybridized carbons (Fsp3) is 0.611. The summed E-state index contributed by atoms with van der Waals surface area (Å²) in [5, 5.41) is 2.77. The molecule has 1 atom stereocenters. The van der Waals surface area contributed by atoms with Crippen LogP contribution < -0.4 is 11.1 Å². The third kappa shape index (κ3) is 5.94. The van der Waals surface area contributed by atoms with Gasteiger partial charge in [-0.3, -0.25) is 4.79 Å². The minimum absolute atomic E-state index is 0. The van der Waals surface area contributed by atoms with Crippen LogP contribution in [0.3, 0.4) is 0 Å². The van der Waals surface area contributed by atoms with Gasteiger partial charge in [-0.2, -0.15) is 4.31 Å². The van der Waals surface area contributed by atoms with E-state index in [1.807, 2.05) is 13.8 Å². The van der Waals surface area contributed by atoms with Crippen molar-refractivity contribution in [3.05, 3.63) is 29.8 Å². The third-order valence-corrected chi connectivity index (χ3v) is 6.42. The summed E-state index contributed by atoms with van der Waals surface area (Å²) in [5.74, 6) is 0.0754. The molecule has 1 heterocycles. The molecule has 0 bridgehead atoms. The highest BCUT2D eigenvalue weighted by Crippen LogP contribution is 2.23. The predicted octanol–water partition coefficient (Wildman–Crippen LogP) is 2.27. The average molecular weight is 404 g/mol. The van der Waals surface area contributed by atoms with Crippen molar-refractivity contribution in [3.63, 3.8) is 0 Å². The molecule has 6 nitrogen and oxygen atoms in total. The predicted molar refractivity (Wildman–Crippen MR) is 106 cm³/mol. The molecule has 8 heteroatoms. The molecule has 0 radical (unpaired) electrons. The van der Waals surface area contributed by atoms with Crippen LogP contribution in [0.1, 0.15) is 45.1 Å². The molecule has 1 fully saturated rings. The number of nitrogens with zero attached hydrogens (tertiary/aromatic N) is 1. The largest absolute Gasteiger partial charge is 0.351 e. The fourth-order valence-corrected chi connectivity index (χ4v) is 4.81. The number of hydrogen-bond acceptors (Lipinski definition) is 4. The van der Waals surface area contributed by atoms with E-state index in [1.165, 1.54) is 0 Å². The van der Waals surface area contributed by atoms with Crippen LogP contribution in [0.25, 0.3) is 0 Å². The van der Waals surface area contributed by atoms with Crippen LogP contribution in [0.15, 0.2) is 29.2 Å². The lowest BCUT2D eigenvalue weighted by atomic mass is 10.0. The topological polar surface area (TPSA) is 92.5 Å². The molecule has 1 aromatic rings. The SMILES string of the molecule is CC(C)C[C@H](N)C(=O)NCc1ccccc1S(=O)(=O)N1CCCCC1.Cl. The van der Waals surface area contributed by atoms with Crippen molar-refractivity contribution >= 4 is 28.3 Å². The minimum Gasteiger partial charge on any atom is -0.351 e. The Morgan fingerprint density at radius 3 is 2.42 bits per heavy atom. The molecule has 1 amide bonds. The first-order valence-corrected chi connectivity index (χ1v) is 10.4. The summed E-state index contributed by atoms with van der Waals surface area (Å²) in [4.78, 5) is 12.4. The number of carbonyl (C=O) groups is 1. The minimum atomic E-state index is -3.53. The van der Waals surface area contributed by atoms with Crippen molar-refractivity contribution in [1.82, 2.24) is 9.62 Å². The number of benzene rings is 1. The Balaban J connectivity index is 0.00000338. The molecular formula is C18H30ClN3O3S. The van der Waals surface area contributed by atoms with Gasteiger partial charge < -0.3 is 11.1 Å². The molecule has 26 heavy (non-hydrogen) atoms. The van der Waals surface area contributed by atoms with Crippen molar-refractivity contribution in [2.24, 2.45) is 11.7 Å². The zero-order valence-corrected chi connectivity index (χ0v) is 17.1. The van der Waals surface area contributed by atoms with Crippen LogP contribution in [0.5, 0.6) is 0 Å². The number of nitrogens with two attached hydrogens (primary N) is 1. The summed E-state index contributed by atoms with van der Waals surface area (Å²) in [6.07, 6.45) is 3.45. The first-order valence-electron chi connectivity index (χ1n) is 8.93. The molecule has 148 valence electrons. The van der Waals surface area contributed by atoms with E-state index in [9.17, 15) is 13.2 Å². The summed E-state index contributed by atoms with van der Waals surface area (Å²) in [6, 6.07) is 6.27. The lowest BCUT2D eigenvalue weighted by Gasteiger charge is -2.27. The second-order valence-corrected chi connectivity index (χ2v) is 8.93. The van der Waals surface area contributed by atoms with Crippen LogP contribution in [0.4, 0.5) is 0 Å². The number of piperidine rings is 1. The van der Waals surface area contributed by atoms with Crippen molar-refractivity contribution in [2.75, 3.05) is 13.1 Å². The number of carbonyl (C=O) groups excluding carboxylic acids is 1. The van der Waals surface area contributed by atoms with Crippen LogP contribution in [0.2, 0.25) is 0 Å². The van der Waals surface area contributed by atoms with Crippen LogP contribution in [-0.4, -0.2) is 37.8 Å². The molecule has 2 rings (SSSR count). The molecule has 1 aliphatic heterocycles. The molecule has 1 saturated heterocycles.